The zero-order valence-electron chi connectivity index (χ0n) is 9.25. The highest BCUT2D eigenvalue weighted by molar-refractivity contribution is 5.67. The Kier molecular flexibility index (Phi) is 6.35. The number of hydrogen-bond donors (Lipinski definition) is 1. The van der Waals surface area contributed by atoms with E-state index >= 15 is 0 Å². The van der Waals surface area contributed by atoms with Crippen LogP contribution in [0.1, 0.15) is 20.3 Å². The molecule has 0 spiro atoms. The van der Waals surface area contributed by atoms with E-state index in [0.29, 0.717) is 6.54 Å². The van der Waals surface area contributed by atoms with Gasteiger partial charge in [0.15, 0.2) is 0 Å². The van der Waals surface area contributed by atoms with Crippen LogP contribution in [0.25, 0.3) is 0 Å². The predicted octanol–water partition coefficient (Wildman–Crippen LogP) is 1.71. The van der Waals surface area contributed by atoms with Gasteiger partial charge in [0, 0.05) is 12.6 Å². The van der Waals surface area contributed by atoms with Gasteiger partial charge in [-0.05, 0) is 13.5 Å². The highest BCUT2D eigenvalue weighted by Gasteiger charge is 2.29. The number of carboxylic acid groups (broad SMARTS) is 1. The first kappa shape index (κ1) is 15.2. The molecule has 0 aromatic rings. The topological polar surface area (TPSA) is 49.8 Å². The summed E-state index contributed by atoms with van der Waals surface area (Å²) in [5.74, 6) is -0.970. The fourth-order valence-corrected chi connectivity index (χ4v) is 1.35. The van der Waals surface area contributed by atoms with Gasteiger partial charge in [-0.1, -0.05) is 6.92 Å². The zero-order valence-corrected chi connectivity index (χ0v) is 9.25. The molecule has 4 nitrogen and oxygen atoms in total. The number of aliphatic carboxylic acids is 1. The van der Waals surface area contributed by atoms with Crippen LogP contribution in [-0.2, 0) is 9.53 Å². The summed E-state index contributed by atoms with van der Waals surface area (Å²) in [6, 6.07) is -0.306. The van der Waals surface area contributed by atoms with E-state index in [0.717, 1.165) is 0 Å². The molecule has 0 aliphatic rings. The lowest BCUT2D eigenvalue weighted by molar-refractivity contribution is -0.325. The van der Waals surface area contributed by atoms with Gasteiger partial charge in [-0.25, -0.2) is 0 Å². The van der Waals surface area contributed by atoms with E-state index in [-0.39, 0.29) is 19.0 Å². The Hall–Kier alpha value is -0.820. The van der Waals surface area contributed by atoms with Crippen molar-refractivity contribution in [3.63, 3.8) is 0 Å². The van der Waals surface area contributed by atoms with Gasteiger partial charge in [-0.2, -0.15) is 0 Å². The molecule has 0 rings (SSSR count). The smallest absolute Gasteiger partial charge is 0.481 e. The number of rotatable bonds is 7. The minimum Gasteiger partial charge on any atom is -0.481 e. The van der Waals surface area contributed by atoms with Gasteiger partial charge >= 0.3 is 12.3 Å². The van der Waals surface area contributed by atoms with E-state index in [2.05, 4.69) is 4.74 Å². The molecule has 1 atom stereocenters. The Labute approximate surface area is 92.0 Å². The quantitative estimate of drug-likeness (QED) is 0.739. The predicted molar refractivity (Wildman–Crippen MR) is 51.0 cm³/mol. The monoisotopic (exact) mass is 243 g/mol. The summed E-state index contributed by atoms with van der Waals surface area (Å²) in [4.78, 5) is 12.1. The number of carboxylic acids is 1. The summed E-state index contributed by atoms with van der Waals surface area (Å²) >= 11 is 0. The lowest BCUT2D eigenvalue weighted by Crippen LogP contribution is -2.37. The molecular formula is C9H16F3NO3. The summed E-state index contributed by atoms with van der Waals surface area (Å²) in [5.41, 5.74) is 0. The second-order valence-electron chi connectivity index (χ2n) is 3.37. The molecule has 1 unspecified atom stereocenters. The molecule has 0 saturated carbocycles. The third-order valence-electron chi connectivity index (χ3n) is 2.14. The van der Waals surface area contributed by atoms with Crippen molar-refractivity contribution in [2.24, 2.45) is 0 Å². The fourth-order valence-electron chi connectivity index (χ4n) is 1.35. The normalized spacial score (nSPS) is 14.1. The van der Waals surface area contributed by atoms with Crippen LogP contribution in [0.15, 0.2) is 0 Å². The van der Waals surface area contributed by atoms with Gasteiger partial charge in [0.2, 0.25) is 0 Å². The molecular weight excluding hydrogens is 227 g/mol. The minimum absolute atomic E-state index is 0.0600. The van der Waals surface area contributed by atoms with Crippen molar-refractivity contribution in [1.29, 1.82) is 0 Å². The van der Waals surface area contributed by atoms with Gasteiger partial charge in [0.1, 0.15) is 0 Å². The molecule has 0 aromatic heterocycles. The molecule has 0 amide bonds. The van der Waals surface area contributed by atoms with Crippen molar-refractivity contribution in [1.82, 2.24) is 4.90 Å². The number of hydrogen-bond acceptors (Lipinski definition) is 3. The lowest BCUT2D eigenvalue weighted by Gasteiger charge is -2.26. The van der Waals surface area contributed by atoms with Crippen molar-refractivity contribution in [3.8, 4) is 0 Å². The van der Waals surface area contributed by atoms with Crippen LogP contribution in [-0.4, -0.2) is 48.1 Å². The average Bonchev–Trinajstić information content (AvgIpc) is 2.09. The molecule has 0 aromatic carbocycles. The average molecular weight is 243 g/mol. The Bertz CT molecular complexity index is 221. The van der Waals surface area contributed by atoms with Crippen molar-refractivity contribution in [3.05, 3.63) is 0 Å². The fraction of sp³-hybridized carbons (Fsp3) is 0.889. The van der Waals surface area contributed by atoms with Crippen molar-refractivity contribution in [2.75, 3.05) is 19.7 Å². The van der Waals surface area contributed by atoms with Crippen LogP contribution >= 0.6 is 0 Å². The second kappa shape index (κ2) is 6.70. The Morgan fingerprint density at radius 1 is 1.50 bits per heavy atom. The standard InChI is InChI=1S/C9H16F3NO3/c1-3-13(7(2)6-8(14)15)4-5-16-9(10,11)12/h7H,3-6H2,1-2H3,(H,14,15). The van der Waals surface area contributed by atoms with Crippen LogP contribution in [0.2, 0.25) is 0 Å². The number of alkyl halides is 3. The molecule has 96 valence electrons. The zero-order chi connectivity index (χ0) is 12.8. The van der Waals surface area contributed by atoms with Gasteiger partial charge in [-0.15, -0.1) is 13.2 Å². The third-order valence-corrected chi connectivity index (χ3v) is 2.14. The second-order valence-corrected chi connectivity index (χ2v) is 3.37. The van der Waals surface area contributed by atoms with Crippen LogP contribution in [0.5, 0.6) is 0 Å². The first-order valence-electron chi connectivity index (χ1n) is 4.92. The summed E-state index contributed by atoms with van der Waals surface area (Å²) in [5, 5.41) is 8.55. The summed E-state index contributed by atoms with van der Waals surface area (Å²) < 4.78 is 38.7. The Morgan fingerprint density at radius 2 is 2.06 bits per heavy atom. The summed E-state index contributed by atoms with van der Waals surface area (Å²) in [6.45, 7) is 3.47. The molecule has 0 fully saturated rings. The minimum atomic E-state index is -4.63. The van der Waals surface area contributed by atoms with Gasteiger partial charge in [0.05, 0.1) is 13.0 Å². The highest BCUT2D eigenvalue weighted by Crippen LogP contribution is 2.16. The number of carbonyl (C=O) groups is 1. The molecule has 1 N–H and O–H groups in total. The Morgan fingerprint density at radius 3 is 2.44 bits per heavy atom. The summed E-state index contributed by atoms with van der Waals surface area (Å²) in [6.07, 6.45) is -4.73. The van der Waals surface area contributed by atoms with E-state index in [4.69, 9.17) is 5.11 Å². The number of ether oxygens (including phenoxy) is 1. The van der Waals surface area contributed by atoms with E-state index in [9.17, 15) is 18.0 Å². The maximum atomic E-state index is 11.7. The van der Waals surface area contributed by atoms with Crippen LogP contribution in [0, 0.1) is 0 Å². The first-order chi connectivity index (χ1) is 7.26. The first-order valence-corrected chi connectivity index (χ1v) is 4.92. The van der Waals surface area contributed by atoms with Gasteiger partial charge < -0.3 is 5.11 Å². The third kappa shape index (κ3) is 7.47. The van der Waals surface area contributed by atoms with Crippen molar-refractivity contribution < 1.29 is 27.8 Å². The van der Waals surface area contributed by atoms with Crippen LogP contribution in [0.4, 0.5) is 13.2 Å². The van der Waals surface area contributed by atoms with Gasteiger partial charge in [-0.3, -0.25) is 14.4 Å². The molecule has 0 heterocycles. The SMILES string of the molecule is CCN(CCOC(F)(F)F)C(C)CC(=O)O. The molecule has 7 heteroatoms. The van der Waals surface area contributed by atoms with E-state index in [1.54, 1.807) is 18.7 Å². The molecule has 0 aliphatic carbocycles. The maximum Gasteiger partial charge on any atom is 0.522 e. The molecule has 0 bridgehead atoms. The van der Waals surface area contributed by atoms with Crippen molar-refractivity contribution in [2.45, 2.75) is 32.7 Å². The van der Waals surface area contributed by atoms with E-state index < -0.39 is 18.9 Å². The van der Waals surface area contributed by atoms with Crippen molar-refractivity contribution >= 4 is 5.97 Å². The molecule has 0 aliphatic heterocycles. The number of halogens is 3. The Balaban J connectivity index is 3.95. The largest absolute Gasteiger partial charge is 0.522 e. The maximum absolute atomic E-state index is 11.7. The lowest BCUT2D eigenvalue weighted by atomic mass is 10.2. The number of nitrogens with zero attached hydrogens (tertiary/aromatic N) is 1. The van der Waals surface area contributed by atoms with E-state index in [1.807, 2.05) is 0 Å². The van der Waals surface area contributed by atoms with Crippen LogP contribution in [0.3, 0.4) is 0 Å². The molecule has 16 heavy (non-hydrogen) atoms. The van der Waals surface area contributed by atoms with Crippen LogP contribution < -0.4 is 0 Å². The number of likely N-dealkylation sites (N-methyl/N-ethyl adjacent to an activating group) is 1. The van der Waals surface area contributed by atoms with Gasteiger partial charge in [0.25, 0.3) is 0 Å². The molecule has 0 radical (unpaired) electrons. The molecule has 0 saturated heterocycles. The van der Waals surface area contributed by atoms with E-state index in [1.165, 1.54) is 0 Å². The summed E-state index contributed by atoms with van der Waals surface area (Å²) in [7, 11) is 0. The highest BCUT2D eigenvalue weighted by atomic mass is 19.4.